The number of hydrogen-bond donors (Lipinski definition) is 1. The van der Waals surface area contributed by atoms with E-state index in [4.69, 9.17) is 4.74 Å². The minimum atomic E-state index is -0.778. The molecule has 3 aromatic rings. The van der Waals surface area contributed by atoms with Crippen molar-refractivity contribution in [3.05, 3.63) is 101 Å². The highest BCUT2D eigenvalue weighted by atomic mass is 16.6. The fourth-order valence-corrected chi connectivity index (χ4v) is 2.79. The fourth-order valence-electron chi connectivity index (χ4n) is 2.79. The van der Waals surface area contributed by atoms with E-state index in [2.05, 4.69) is 5.32 Å². The summed E-state index contributed by atoms with van der Waals surface area (Å²) in [5.41, 5.74) is 2.52. The van der Waals surface area contributed by atoms with Crippen LogP contribution in [0.5, 0.6) is 0 Å². The van der Waals surface area contributed by atoms with Crippen LogP contribution in [0.25, 0.3) is 17.2 Å². The third-order valence-corrected chi connectivity index (χ3v) is 4.16. The van der Waals surface area contributed by atoms with Gasteiger partial charge >= 0.3 is 5.97 Å². The first-order valence-corrected chi connectivity index (χ1v) is 9.07. The third-order valence-electron chi connectivity index (χ3n) is 4.16. The Morgan fingerprint density at radius 2 is 1.60 bits per heavy atom. The number of benzene rings is 3. The van der Waals surface area contributed by atoms with Gasteiger partial charge < -0.3 is 10.1 Å². The van der Waals surface area contributed by atoms with Crippen LogP contribution in [0.3, 0.4) is 0 Å². The van der Waals surface area contributed by atoms with Gasteiger partial charge in [-0.3, -0.25) is 14.9 Å². The molecule has 0 spiro atoms. The van der Waals surface area contributed by atoms with Crippen LogP contribution >= 0.6 is 0 Å². The number of hydrogen-bond acceptors (Lipinski definition) is 5. The van der Waals surface area contributed by atoms with Crippen molar-refractivity contribution in [3.63, 3.8) is 0 Å². The van der Waals surface area contributed by atoms with Gasteiger partial charge in [-0.15, -0.1) is 0 Å². The first-order valence-electron chi connectivity index (χ1n) is 9.07. The molecule has 150 valence electrons. The first kappa shape index (κ1) is 20.5. The number of anilines is 1. The van der Waals surface area contributed by atoms with Gasteiger partial charge in [0.05, 0.1) is 10.5 Å². The summed E-state index contributed by atoms with van der Waals surface area (Å²) >= 11 is 0. The molecule has 3 rings (SSSR count). The van der Waals surface area contributed by atoms with Crippen LogP contribution in [0.1, 0.15) is 5.56 Å². The third kappa shape index (κ3) is 5.39. The quantitative estimate of drug-likeness (QED) is 0.272. The van der Waals surface area contributed by atoms with E-state index in [9.17, 15) is 19.7 Å². The Bertz CT molecular complexity index is 1090. The number of nitrogens with one attached hydrogen (secondary N) is 1. The van der Waals surface area contributed by atoms with E-state index < -0.39 is 23.4 Å². The molecule has 1 N–H and O–H groups in total. The van der Waals surface area contributed by atoms with Crippen LogP contribution in [0.4, 0.5) is 11.4 Å². The molecule has 0 radical (unpaired) electrons. The predicted octanol–water partition coefficient (Wildman–Crippen LogP) is 4.46. The largest absolute Gasteiger partial charge is 0.452 e. The summed E-state index contributed by atoms with van der Waals surface area (Å²) in [6.07, 6.45) is 2.33. The highest BCUT2D eigenvalue weighted by Crippen LogP contribution is 2.27. The average molecular weight is 402 g/mol. The van der Waals surface area contributed by atoms with Crippen LogP contribution < -0.4 is 5.32 Å². The molecule has 0 aliphatic carbocycles. The van der Waals surface area contributed by atoms with Gasteiger partial charge in [-0.2, -0.15) is 0 Å². The smallest absolute Gasteiger partial charge is 0.331 e. The number of nitro groups is 1. The molecular weight excluding hydrogens is 384 g/mol. The normalized spacial score (nSPS) is 10.5. The zero-order chi connectivity index (χ0) is 21.3. The average Bonchev–Trinajstić information content (AvgIpc) is 2.77. The van der Waals surface area contributed by atoms with Gasteiger partial charge in [0.1, 0.15) is 0 Å². The van der Waals surface area contributed by atoms with E-state index in [1.54, 1.807) is 18.2 Å². The number of para-hydroxylation sites is 2. The molecule has 30 heavy (non-hydrogen) atoms. The van der Waals surface area contributed by atoms with E-state index in [1.165, 1.54) is 24.3 Å². The van der Waals surface area contributed by atoms with Crippen molar-refractivity contribution >= 4 is 29.3 Å². The van der Waals surface area contributed by atoms with Gasteiger partial charge in [-0.25, -0.2) is 4.79 Å². The number of esters is 1. The van der Waals surface area contributed by atoms with Crippen molar-refractivity contribution < 1.29 is 19.2 Å². The molecule has 0 saturated heterocycles. The summed E-state index contributed by atoms with van der Waals surface area (Å²) in [4.78, 5) is 34.5. The number of carbonyl (C=O) groups excluding carboxylic acids is 2. The molecule has 1 amide bonds. The molecule has 0 fully saturated rings. The predicted molar refractivity (Wildman–Crippen MR) is 114 cm³/mol. The van der Waals surface area contributed by atoms with Gasteiger partial charge in [0.25, 0.3) is 11.6 Å². The SMILES string of the molecule is O=C(COC(=O)C=Cc1ccccc1[N+](=O)[O-])Nc1ccccc1-c1ccccc1. The standard InChI is InChI=1S/C23H18N2O5/c26-22(24-20-12-6-5-11-19(20)17-8-2-1-3-9-17)16-30-23(27)15-14-18-10-4-7-13-21(18)25(28)29/h1-15H,16H2,(H,24,26). The van der Waals surface area contributed by atoms with Crippen molar-refractivity contribution in [3.8, 4) is 11.1 Å². The summed E-state index contributed by atoms with van der Waals surface area (Å²) in [6.45, 7) is -0.483. The lowest BCUT2D eigenvalue weighted by molar-refractivity contribution is -0.385. The highest BCUT2D eigenvalue weighted by Gasteiger charge is 2.12. The highest BCUT2D eigenvalue weighted by molar-refractivity contribution is 5.97. The van der Waals surface area contributed by atoms with Gasteiger partial charge in [-0.1, -0.05) is 60.7 Å². The Balaban J connectivity index is 1.60. The minimum absolute atomic E-state index is 0.128. The Labute approximate surface area is 172 Å². The van der Waals surface area contributed by atoms with Gasteiger partial charge in [0.15, 0.2) is 6.61 Å². The van der Waals surface area contributed by atoms with Crippen LogP contribution in [0.15, 0.2) is 84.9 Å². The molecule has 0 atom stereocenters. The van der Waals surface area contributed by atoms with Crippen LogP contribution in [-0.2, 0) is 14.3 Å². The molecule has 0 unspecified atom stereocenters. The number of carbonyl (C=O) groups is 2. The lowest BCUT2D eigenvalue weighted by Crippen LogP contribution is -2.20. The van der Waals surface area contributed by atoms with E-state index in [1.807, 2.05) is 42.5 Å². The Hall–Kier alpha value is -4.26. The lowest BCUT2D eigenvalue weighted by atomic mass is 10.0. The van der Waals surface area contributed by atoms with Crippen molar-refractivity contribution in [1.29, 1.82) is 0 Å². The Kier molecular flexibility index (Phi) is 6.68. The number of nitrogens with zero attached hydrogens (tertiary/aromatic N) is 1. The van der Waals surface area contributed by atoms with Crippen molar-refractivity contribution in [1.82, 2.24) is 0 Å². The molecule has 0 aliphatic rings. The fraction of sp³-hybridized carbons (Fsp3) is 0.0435. The molecule has 0 bridgehead atoms. The van der Waals surface area contributed by atoms with Crippen molar-refractivity contribution in [2.45, 2.75) is 0 Å². The maximum absolute atomic E-state index is 12.2. The van der Waals surface area contributed by atoms with Crippen molar-refractivity contribution in [2.24, 2.45) is 0 Å². The summed E-state index contributed by atoms with van der Waals surface area (Å²) in [5.74, 6) is -1.27. The molecule has 0 saturated carbocycles. The Morgan fingerprint density at radius 3 is 2.37 bits per heavy atom. The maximum Gasteiger partial charge on any atom is 0.331 e. The summed E-state index contributed by atoms with van der Waals surface area (Å²) in [5, 5.41) is 13.7. The van der Waals surface area contributed by atoms with Crippen LogP contribution in [-0.4, -0.2) is 23.4 Å². The minimum Gasteiger partial charge on any atom is -0.452 e. The van der Waals surface area contributed by atoms with E-state index >= 15 is 0 Å². The summed E-state index contributed by atoms with van der Waals surface area (Å²) in [7, 11) is 0. The summed E-state index contributed by atoms with van der Waals surface area (Å²) in [6, 6.07) is 22.9. The van der Waals surface area contributed by atoms with Gasteiger partial charge in [0, 0.05) is 23.4 Å². The number of ether oxygens (including phenoxy) is 1. The Morgan fingerprint density at radius 1 is 0.933 bits per heavy atom. The number of nitro benzene ring substituents is 1. The van der Waals surface area contributed by atoms with Crippen LogP contribution in [0.2, 0.25) is 0 Å². The van der Waals surface area contributed by atoms with E-state index in [-0.39, 0.29) is 11.3 Å². The lowest BCUT2D eigenvalue weighted by Gasteiger charge is -2.11. The first-order chi connectivity index (χ1) is 14.5. The van der Waals surface area contributed by atoms with Gasteiger partial charge in [-0.05, 0) is 23.8 Å². The molecule has 0 aliphatic heterocycles. The second kappa shape index (κ2) is 9.79. The van der Waals surface area contributed by atoms with E-state index in [0.717, 1.165) is 17.2 Å². The second-order valence-electron chi connectivity index (χ2n) is 6.22. The molecule has 7 heteroatoms. The monoisotopic (exact) mass is 402 g/mol. The molecule has 3 aromatic carbocycles. The number of rotatable bonds is 7. The molecule has 7 nitrogen and oxygen atoms in total. The van der Waals surface area contributed by atoms with Gasteiger partial charge in [0.2, 0.25) is 0 Å². The molecular formula is C23H18N2O5. The maximum atomic E-state index is 12.2. The van der Waals surface area contributed by atoms with E-state index in [0.29, 0.717) is 5.69 Å². The van der Waals surface area contributed by atoms with Crippen LogP contribution in [0, 0.1) is 10.1 Å². The number of amides is 1. The van der Waals surface area contributed by atoms with Crippen molar-refractivity contribution in [2.75, 3.05) is 11.9 Å². The molecule has 0 heterocycles. The zero-order valence-electron chi connectivity index (χ0n) is 15.9. The molecule has 0 aromatic heterocycles. The topological polar surface area (TPSA) is 98.5 Å². The second-order valence-corrected chi connectivity index (χ2v) is 6.22. The summed E-state index contributed by atoms with van der Waals surface area (Å²) < 4.78 is 4.94. The zero-order valence-corrected chi connectivity index (χ0v) is 15.9.